The molecule has 0 N–H and O–H groups in total. The van der Waals surface area contributed by atoms with Crippen LogP contribution in [0.1, 0.15) is 48.6 Å². The zero-order chi connectivity index (χ0) is 40.6. The highest BCUT2D eigenvalue weighted by atomic mass is 31.2. The fourth-order valence-electron chi connectivity index (χ4n) is 6.19. The maximum atomic E-state index is 14.9. The molecule has 2 unspecified atom stereocenters. The van der Waals surface area contributed by atoms with Gasteiger partial charge in [-0.05, 0) is 55.0 Å². The molecule has 11 heteroatoms. The zero-order valence-electron chi connectivity index (χ0n) is 33.3. The number of carbonyl (C=O) groups excluding carboxylic acids is 1. The first-order chi connectivity index (χ1) is 28.1. The Morgan fingerprint density at radius 2 is 1.02 bits per heavy atom. The Hall–Kier alpha value is -4.48. The van der Waals surface area contributed by atoms with Gasteiger partial charge in [-0.1, -0.05) is 152 Å². The highest BCUT2D eigenvalue weighted by molar-refractivity contribution is 7.48. The number of phosphoric ester groups is 1. The highest BCUT2D eigenvalue weighted by Crippen LogP contribution is 2.53. The predicted octanol–water partition coefficient (Wildman–Crippen LogP) is 9.66. The average molecular weight is 809 g/mol. The smallest absolute Gasteiger partial charge is 0.454 e. The minimum atomic E-state index is -4.45. The molecule has 1 aliphatic heterocycles. The molecular weight excluding hydrogens is 755 g/mol. The quantitative estimate of drug-likeness (QED) is 0.0557. The fraction of sp³-hybridized carbons (Fsp3) is 0.340. The van der Waals surface area contributed by atoms with Crippen LogP contribution >= 0.6 is 7.82 Å². The summed E-state index contributed by atoms with van der Waals surface area (Å²) >= 11 is 0. The van der Waals surface area contributed by atoms with Gasteiger partial charge in [0.05, 0.1) is 45.1 Å². The molecule has 0 radical (unpaired) electrons. The third-order valence-corrected chi connectivity index (χ3v) is 10.8. The largest absolute Gasteiger partial charge is 0.477 e. The summed E-state index contributed by atoms with van der Waals surface area (Å²) in [4.78, 5) is 13.8. The Morgan fingerprint density at radius 1 is 0.569 bits per heavy atom. The van der Waals surface area contributed by atoms with Crippen LogP contribution in [0.3, 0.4) is 0 Å². The number of carbonyl (C=O) groups is 1. The van der Waals surface area contributed by atoms with Crippen molar-refractivity contribution in [2.75, 3.05) is 13.2 Å². The van der Waals surface area contributed by atoms with Crippen molar-refractivity contribution in [1.82, 2.24) is 0 Å². The van der Waals surface area contributed by atoms with Gasteiger partial charge >= 0.3 is 13.8 Å². The second kappa shape index (κ2) is 21.5. The van der Waals surface area contributed by atoms with E-state index in [0.29, 0.717) is 6.42 Å². The second-order valence-electron chi connectivity index (χ2n) is 15.1. The summed E-state index contributed by atoms with van der Waals surface area (Å²) in [6.45, 7) is 5.83. The van der Waals surface area contributed by atoms with Crippen LogP contribution in [0.4, 0.5) is 0 Å². The molecule has 0 saturated carbocycles. The lowest BCUT2D eigenvalue weighted by molar-refractivity contribution is -0.307. The molecule has 0 aromatic heterocycles. The van der Waals surface area contributed by atoms with E-state index < -0.39 is 49.9 Å². The molecular formula is C47H53O10P. The Bertz CT molecular complexity index is 1980. The van der Waals surface area contributed by atoms with E-state index in [2.05, 4.69) is 0 Å². The summed E-state index contributed by atoms with van der Waals surface area (Å²) in [6, 6.07) is 48.1. The SMILES string of the molecule is CC(C)(C)C(=O)O[C@H]1C(OP(=O)(OCCc2ccccc2)OCc2ccccc2)O[C@H](COCc2ccccc2)[C@@H](OCc2ccccc2)[C@@H]1OCc1ccccc1. The summed E-state index contributed by atoms with van der Waals surface area (Å²) < 4.78 is 65.9. The third kappa shape index (κ3) is 13.3. The standard InChI is InChI=1S/C47H53O10P/c1-47(2,3)46(48)56-44-43(52-33-39-25-15-7-16-26-39)42(51-32-38-23-13-6-14-24-38)41(35-50-31-37-21-11-5-12-22-37)55-45(44)57-58(49,54-34-40-27-17-8-18-28-40)53-30-29-36-19-9-4-10-20-36/h4-28,41-45H,29-35H2,1-3H3/t41-,42-,43+,44-,45?,58?/m1/s1. The van der Waals surface area contributed by atoms with E-state index in [1.165, 1.54) is 0 Å². The molecule has 1 aliphatic rings. The van der Waals surface area contributed by atoms with Crippen molar-refractivity contribution >= 4 is 13.8 Å². The molecule has 6 atom stereocenters. The summed E-state index contributed by atoms with van der Waals surface area (Å²) in [5, 5.41) is 0. The minimum Gasteiger partial charge on any atom is -0.454 e. The van der Waals surface area contributed by atoms with Gasteiger partial charge in [0.2, 0.25) is 6.29 Å². The lowest BCUT2D eigenvalue weighted by atomic mass is 9.95. The van der Waals surface area contributed by atoms with E-state index in [1.54, 1.807) is 20.8 Å². The number of rotatable bonds is 20. The van der Waals surface area contributed by atoms with Crippen LogP contribution in [0.15, 0.2) is 152 Å². The molecule has 0 bridgehead atoms. The van der Waals surface area contributed by atoms with Gasteiger partial charge in [-0.3, -0.25) is 18.4 Å². The maximum Gasteiger partial charge on any atom is 0.477 e. The molecule has 10 nitrogen and oxygen atoms in total. The van der Waals surface area contributed by atoms with Crippen molar-refractivity contribution in [3.63, 3.8) is 0 Å². The summed E-state index contributed by atoms with van der Waals surface area (Å²) in [5.74, 6) is -0.548. The van der Waals surface area contributed by atoms with Crippen molar-refractivity contribution in [3.8, 4) is 0 Å². The summed E-state index contributed by atoms with van der Waals surface area (Å²) in [6.07, 6.45) is -5.03. The zero-order valence-corrected chi connectivity index (χ0v) is 34.2. The van der Waals surface area contributed by atoms with Crippen LogP contribution < -0.4 is 0 Å². The minimum absolute atomic E-state index is 0.00953. The van der Waals surface area contributed by atoms with Crippen LogP contribution in [-0.4, -0.2) is 49.9 Å². The maximum absolute atomic E-state index is 14.9. The molecule has 306 valence electrons. The number of benzene rings is 5. The van der Waals surface area contributed by atoms with Crippen LogP contribution in [0.2, 0.25) is 0 Å². The van der Waals surface area contributed by atoms with Gasteiger partial charge in [0.25, 0.3) is 0 Å². The van der Waals surface area contributed by atoms with Crippen LogP contribution in [0.5, 0.6) is 0 Å². The first-order valence-corrected chi connectivity index (χ1v) is 21.1. The first-order valence-electron chi connectivity index (χ1n) is 19.6. The number of phosphoric acid groups is 1. The topological polar surface area (TPSA) is 108 Å². The van der Waals surface area contributed by atoms with Crippen molar-refractivity contribution in [3.05, 3.63) is 179 Å². The molecule has 0 amide bonds. The third-order valence-electron chi connectivity index (χ3n) is 9.36. The van der Waals surface area contributed by atoms with Gasteiger partial charge in [-0.25, -0.2) is 4.57 Å². The van der Waals surface area contributed by atoms with Gasteiger partial charge in [-0.2, -0.15) is 0 Å². The molecule has 1 heterocycles. The van der Waals surface area contributed by atoms with Crippen molar-refractivity contribution in [2.24, 2.45) is 5.41 Å². The van der Waals surface area contributed by atoms with E-state index in [0.717, 1.165) is 27.8 Å². The van der Waals surface area contributed by atoms with E-state index in [-0.39, 0.29) is 39.6 Å². The molecule has 5 aromatic rings. The van der Waals surface area contributed by atoms with Gasteiger partial charge in [-0.15, -0.1) is 0 Å². The fourth-order valence-corrected chi connectivity index (χ4v) is 7.43. The molecule has 0 aliphatic carbocycles. The van der Waals surface area contributed by atoms with E-state index in [4.69, 9.17) is 37.3 Å². The van der Waals surface area contributed by atoms with Crippen LogP contribution in [0.25, 0.3) is 0 Å². The Labute approximate surface area is 341 Å². The Balaban J connectivity index is 1.35. The molecule has 58 heavy (non-hydrogen) atoms. The lowest BCUT2D eigenvalue weighted by Gasteiger charge is -2.46. The van der Waals surface area contributed by atoms with Crippen LogP contribution in [-0.2, 0) is 79.5 Å². The number of hydrogen-bond donors (Lipinski definition) is 0. The highest BCUT2D eigenvalue weighted by Gasteiger charge is 2.53. The van der Waals surface area contributed by atoms with Gasteiger partial charge in [0.15, 0.2) is 6.10 Å². The summed E-state index contributed by atoms with van der Waals surface area (Å²) in [5.41, 5.74) is 3.57. The molecule has 5 aromatic carbocycles. The number of ether oxygens (including phenoxy) is 5. The average Bonchev–Trinajstić information content (AvgIpc) is 3.24. The molecule has 0 spiro atoms. The van der Waals surface area contributed by atoms with E-state index in [1.807, 2.05) is 152 Å². The van der Waals surface area contributed by atoms with Crippen molar-refractivity contribution in [2.45, 2.75) is 84.3 Å². The molecule has 6 rings (SSSR count). The molecule has 1 fully saturated rings. The summed E-state index contributed by atoms with van der Waals surface area (Å²) in [7, 11) is -4.45. The lowest BCUT2D eigenvalue weighted by Crippen LogP contribution is -2.62. The Morgan fingerprint density at radius 3 is 1.52 bits per heavy atom. The van der Waals surface area contributed by atoms with Crippen LogP contribution in [0, 0.1) is 5.41 Å². The normalized spacial score (nSPS) is 20.6. The Kier molecular flexibility index (Phi) is 16.0. The van der Waals surface area contributed by atoms with Crippen molar-refractivity contribution in [1.29, 1.82) is 0 Å². The van der Waals surface area contributed by atoms with E-state index >= 15 is 0 Å². The molecule has 1 saturated heterocycles. The predicted molar refractivity (Wildman–Crippen MR) is 220 cm³/mol. The van der Waals surface area contributed by atoms with Crippen molar-refractivity contribution < 1.29 is 46.6 Å². The monoisotopic (exact) mass is 808 g/mol. The van der Waals surface area contributed by atoms with E-state index in [9.17, 15) is 9.36 Å². The number of hydrogen-bond acceptors (Lipinski definition) is 10. The second-order valence-corrected chi connectivity index (χ2v) is 16.7. The van der Waals surface area contributed by atoms with Gasteiger partial charge < -0.3 is 23.7 Å². The van der Waals surface area contributed by atoms with Gasteiger partial charge in [0.1, 0.15) is 18.3 Å². The van der Waals surface area contributed by atoms with Gasteiger partial charge in [0, 0.05) is 0 Å². The number of esters is 1. The first kappa shape index (κ1) is 43.1.